The van der Waals surface area contributed by atoms with Gasteiger partial charge in [-0.05, 0) is 38.0 Å². The third kappa shape index (κ3) is 5.00. The van der Waals surface area contributed by atoms with Crippen molar-refractivity contribution in [1.29, 1.82) is 0 Å². The van der Waals surface area contributed by atoms with Gasteiger partial charge in [-0.25, -0.2) is 0 Å². The average molecular weight is 257 g/mol. The van der Waals surface area contributed by atoms with Crippen LogP contribution in [0.3, 0.4) is 0 Å². The van der Waals surface area contributed by atoms with Crippen molar-refractivity contribution >= 4 is 0 Å². The molecule has 0 fully saturated rings. The highest BCUT2D eigenvalue weighted by molar-refractivity contribution is 5.30. The number of alkyl halides is 2. The minimum atomic E-state index is -2.78. The van der Waals surface area contributed by atoms with E-state index in [4.69, 9.17) is 0 Å². The van der Waals surface area contributed by atoms with E-state index in [1.807, 2.05) is 13.0 Å². The van der Waals surface area contributed by atoms with E-state index in [-0.39, 0.29) is 11.8 Å². The van der Waals surface area contributed by atoms with Crippen molar-refractivity contribution in [3.8, 4) is 5.75 Å². The molecule has 0 spiro atoms. The Hall–Kier alpha value is -1.16. The first kappa shape index (κ1) is 14.9. The van der Waals surface area contributed by atoms with Crippen LogP contribution in [-0.2, 0) is 0 Å². The number of hydrogen-bond acceptors (Lipinski definition) is 2. The first-order valence-corrected chi connectivity index (χ1v) is 6.33. The van der Waals surface area contributed by atoms with Gasteiger partial charge in [0.25, 0.3) is 0 Å². The fourth-order valence-electron chi connectivity index (χ4n) is 2.00. The van der Waals surface area contributed by atoms with Crippen LogP contribution in [0.1, 0.15) is 45.2 Å². The lowest BCUT2D eigenvalue weighted by atomic mass is 10.1. The quantitative estimate of drug-likeness (QED) is 0.793. The van der Waals surface area contributed by atoms with E-state index in [9.17, 15) is 8.78 Å². The van der Waals surface area contributed by atoms with E-state index in [2.05, 4.69) is 23.9 Å². The summed E-state index contributed by atoms with van der Waals surface area (Å²) in [6.07, 6.45) is 2.22. The van der Waals surface area contributed by atoms with Crippen LogP contribution in [-0.4, -0.2) is 12.7 Å². The third-order valence-corrected chi connectivity index (χ3v) is 2.84. The van der Waals surface area contributed by atoms with Crippen LogP contribution < -0.4 is 10.1 Å². The second-order valence-corrected chi connectivity index (χ2v) is 4.53. The fourth-order valence-corrected chi connectivity index (χ4v) is 2.00. The van der Waals surface area contributed by atoms with Gasteiger partial charge in [0.1, 0.15) is 5.75 Å². The summed E-state index contributed by atoms with van der Waals surface area (Å²) >= 11 is 0. The SMILES string of the molecule is CCCC(C)NC(C)c1cccc(OC(F)F)c1. The maximum atomic E-state index is 12.1. The van der Waals surface area contributed by atoms with Crippen molar-refractivity contribution < 1.29 is 13.5 Å². The van der Waals surface area contributed by atoms with Gasteiger partial charge < -0.3 is 10.1 Å². The highest BCUT2D eigenvalue weighted by Crippen LogP contribution is 2.21. The normalized spacial score (nSPS) is 14.6. The highest BCUT2D eigenvalue weighted by Gasteiger charge is 2.11. The Bertz CT molecular complexity index is 357. The summed E-state index contributed by atoms with van der Waals surface area (Å²) in [4.78, 5) is 0. The molecule has 2 unspecified atom stereocenters. The van der Waals surface area contributed by atoms with Crippen LogP contribution >= 0.6 is 0 Å². The summed E-state index contributed by atoms with van der Waals surface area (Å²) in [6.45, 7) is 3.51. The number of benzene rings is 1. The average Bonchev–Trinajstić information content (AvgIpc) is 2.28. The Balaban J connectivity index is 2.64. The van der Waals surface area contributed by atoms with Crippen molar-refractivity contribution in [3.05, 3.63) is 29.8 Å². The lowest BCUT2D eigenvalue weighted by molar-refractivity contribution is -0.0499. The molecule has 0 heterocycles. The minimum Gasteiger partial charge on any atom is -0.435 e. The van der Waals surface area contributed by atoms with Gasteiger partial charge in [-0.2, -0.15) is 8.78 Å². The topological polar surface area (TPSA) is 21.3 Å². The Morgan fingerprint density at radius 3 is 2.61 bits per heavy atom. The van der Waals surface area contributed by atoms with Gasteiger partial charge in [-0.3, -0.25) is 0 Å². The largest absolute Gasteiger partial charge is 0.435 e. The molecule has 0 aliphatic carbocycles. The molecule has 0 bridgehead atoms. The summed E-state index contributed by atoms with van der Waals surface area (Å²) in [7, 11) is 0. The monoisotopic (exact) mass is 257 g/mol. The van der Waals surface area contributed by atoms with E-state index in [0.29, 0.717) is 6.04 Å². The van der Waals surface area contributed by atoms with Crippen LogP contribution in [0.4, 0.5) is 8.78 Å². The molecule has 1 rings (SSSR count). The molecule has 2 nitrogen and oxygen atoms in total. The Labute approximate surface area is 107 Å². The molecule has 1 N–H and O–H groups in total. The molecule has 0 aliphatic rings. The first-order chi connectivity index (χ1) is 8.52. The summed E-state index contributed by atoms with van der Waals surface area (Å²) in [5.74, 6) is 0.208. The van der Waals surface area contributed by atoms with Crippen molar-refractivity contribution in [2.75, 3.05) is 0 Å². The Kier molecular flexibility index (Phi) is 6.05. The van der Waals surface area contributed by atoms with Gasteiger partial charge in [0, 0.05) is 12.1 Å². The zero-order chi connectivity index (χ0) is 13.5. The second-order valence-electron chi connectivity index (χ2n) is 4.53. The Morgan fingerprint density at radius 1 is 1.28 bits per heavy atom. The summed E-state index contributed by atoms with van der Waals surface area (Å²) in [5.41, 5.74) is 0.955. The zero-order valence-corrected chi connectivity index (χ0v) is 11.1. The van der Waals surface area contributed by atoms with E-state index in [0.717, 1.165) is 18.4 Å². The number of ether oxygens (including phenoxy) is 1. The molecule has 1 aromatic rings. The molecule has 0 amide bonds. The predicted molar refractivity (Wildman–Crippen MR) is 69.0 cm³/mol. The van der Waals surface area contributed by atoms with E-state index < -0.39 is 6.61 Å². The van der Waals surface area contributed by atoms with Gasteiger partial charge in [0.05, 0.1) is 0 Å². The molecular formula is C14H21F2NO. The van der Waals surface area contributed by atoms with Gasteiger partial charge in [0.15, 0.2) is 0 Å². The summed E-state index contributed by atoms with van der Waals surface area (Å²) in [5, 5.41) is 3.43. The molecule has 0 aromatic heterocycles. The zero-order valence-electron chi connectivity index (χ0n) is 11.1. The van der Waals surface area contributed by atoms with Gasteiger partial charge in [-0.1, -0.05) is 25.5 Å². The van der Waals surface area contributed by atoms with Gasteiger partial charge in [-0.15, -0.1) is 0 Å². The van der Waals surface area contributed by atoms with Crippen molar-refractivity contribution in [2.45, 2.75) is 52.3 Å². The molecule has 4 heteroatoms. The van der Waals surface area contributed by atoms with Crippen LogP contribution in [0, 0.1) is 0 Å². The molecule has 18 heavy (non-hydrogen) atoms. The molecule has 0 aliphatic heterocycles. The maximum absolute atomic E-state index is 12.1. The molecule has 1 aromatic carbocycles. The second kappa shape index (κ2) is 7.31. The maximum Gasteiger partial charge on any atom is 0.387 e. The van der Waals surface area contributed by atoms with Crippen molar-refractivity contribution in [3.63, 3.8) is 0 Å². The van der Waals surface area contributed by atoms with Crippen molar-refractivity contribution in [1.82, 2.24) is 5.32 Å². The van der Waals surface area contributed by atoms with Crippen molar-refractivity contribution in [2.24, 2.45) is 0 Å². The van der Waals surface area contributed by atoms with Gasteiger partial charge >= 0.3 is 6.61 Å². The fraction of sp³-hybridized carbons (Fsp3) is 0.571. The lowest BCUT2D eigenvalue weighted by Crippen LogP contribution is -2.28. The molecule has 0 radical (unpaired) electrons. The predicted octanol–water partition coefficient (Wildman–Crippen LogP) is 4.13. The number of rotatable bonds is 7. The van der Waals surface area contributed by atoms with Crippen LogP contribution in [0.2, 0.25) is 0 Å². The third-order valence-electron chi connectivity index (χ3n) is 2.84. The number of hydrogen-bond donors (Lipinski definition) is 1. The van der Waals surface area contributed by atoms with E-state index >= 15 is 0 Å². The number of nitrogens with one attached hydrogen (secondary N) is 1. The number of halogens is 2. The molecular weight excluding hydrogens is 236 g/mol. The van der Waals surface area contributed by atoms with Gasteiger partial charge in [0.2, 0.25) is 0 Å². The van der Waals surface area contributed by atoms with Crippen LogP contribution in [0.5, 0.6) is 5.75 Å². The van der Waals surface area contributed by atoms with Crippen LogP contribution in [0.15, 0.2) is 24.3 Å². The molecule has 0 saturated carbocycles. The minimum absolute atomic E-state index is 0.118. The molecule has 2 atom stereocenters. The molecule has 102 valence electrons. The Morgan fingerprint density at radius 2 is 2.00 bits per heavy atom. The standard InChI is InChI=1S/C14H21F2NO/c1-4-6-10(2)17-11(3)12-7-5-8-13(9-12)18-14(15)16/h5,7-11,14,17H,4,6H2,1-3H3. The smallest absolute Gasteiger partial charge is 0.387 e. The van der Waals surface area contributed by atoms with E-state index in [1.165, 1.54) is 6.07 Å². The molecule has 0 saturated heterocycles. The van der Waals surface area contributed by atoms with Crippen LogP contribution in [0.25, 0.3) is 0 Å². The summed E-state index contributed by atoms with van der Waals surface area (Å²) < 4.78 is 28.6. The lowest BCUT2D eigenvalue weighted by Gasteiger charge is -2.20. The summed E-state index contributed by atoms with van der Waals surface area (Å²) in [6, 6.07) is 7.36. The van der Waals surface area contributed by atoms with E-state index in [1.54, 1.807) is 12.1 Å². The first-order valence-electron chi connectivity index (χ1n) is 6.33. The highest BCUT2D eigenvalue weighted by atomic mass is 19.3.